The number of hydrogen-bond acceptors (Lipinski definition) is 2. The smallest absolute Gasteiger partial charge is 0.311 e. The van der Waals surface area contributed by atoms with Gasteiger partial charge in [-0.05, 0) is 71.7 Å². The SMILES string of the molecule is CCCCCC1CC=C(c2ccc3cc(OC(=O)CCC)ccc3c2)CC1. The van der Waals surface area contributed by atoms with Crippen LogP contribution in [0.2, 0.25) is 0 Å². The van der Waals surface area contributed by atoms with E-state index >= 15 is 0 Å². The molecule has 2 nitrogen and oxygen atoms in total. The highest BCUT2D eigenvalue weighted by atomic mass is 16.5. The van der Waals surface area contributed by atoms with E-state index in [9.17, 15) is 4.79 Å². The first-order valence-corrected chi connectivity index (χ1v) is 10.6. The second-order valence-electron chi connectivity index (χ2n) is 7.81. The van der Waals surface area contributed by atoms with Gasteiger partial charge < -0.3 is 4.74 Å². The summed E-state index contributed by atoms with van der Waals surface area (Å²) in [4.78, 5) is 11.7. The van der Waals surface area contributed by atoms with Crippen LogP contribution in [0, 0.1) is 5.92 Å². The van der Waals surface area contributed by atoms with Crippen molar-refractivity contribution in [2.75, 3.05) is 0 Å². The maximum atomic E-state index is 11.7. The quantitative estimate of drug-likeness (QED) is 0.279. The molecule has 0 heterocycles. The molecule has 2 aromatic rings. The number of hydrogen-bond donors (Lipinski definition) is 0. The molecule has 1 atom stereocenters. The number of carbonyl (C=O) groups excluding carboxylic acids is 1. The molecule has 0 aromatic heterocycles. The van der Waals surface area contributed by atoms with Crippen LogP contribution in [0.4, 0.5) is 0 Å². The molecular formula is C25H32O2. The Bertz CT molecular complexity index is 803. The van der Waals surface area contributed by atoms with Crippen molar-refractivity contribution in [3.05, 3.63) is 48.0 Å². The summed E-state index contributed by atoms with van der Waals surface area (Å²) in [7, 11) is 0. The number of benzene rings is 2. The van der Waals surface area contributed by atoms with E-state index in [0.29, 0.717) is 12.2 Å². The Hall–Kier alpha value is -2.09. The molecular weight excluding hydrogens is 332 g/mol. The molecule has 1 aliphatic carbocycles. The number of rotatable bonds is 8. The Morgan fingerprint density at radius 3 is 2.59 bits per heavy atom. The van der Waals surface area contributed by atoms with Gasteiger partial charge in [-0.3, -0.25) is 4.79 Å². The molecule has 0 N–H and O–H groups in total. The van der Waals surface area contributed by atoms with Crippen LogP contribution in [0.3, 0.4) is 0 Å². The van der Waals surface area contributed by atoms with E-state index in [4.69, 9.17) is 4.74 Å². The molecule has 144 valence electrons. The van der Waals surface area contributed by atoms with Crippen molar-refractivity contribution in [1.82, 2.24) is 0 Å². The van der Waals surface area contributed by atoms with Crippen molar-refractivity contribution in [2.45, 2.75) is 71.6 Å². The first-order chi connectivity index (χ1) is 13.2. The molecule has 0 fully saturated rings. The summed E-state index contributed by atoms with van der Waals surface area (Å²) >= 11 is 0. The maximum Gasteiger partial charge on any atom is 0.311 e. The van der Waals surface area contributed by atoms with Gasteiger partial charge in [-0.15, -0.1) is 0 Å². The van der Waals surface area contributed by atoms with Gasteiger partial charge in [0.25, 0.3) is 0 Å². The van der Waals surface area contributed by atoms with E-state index in [0.717, 1.165) is 17.7 Å². The highest BCUT2D eigenvalue weighted by Crippen LogP contribution is 2.34. The van der Waals surface area contributed by atoms with Crippen molar-refractivity contribution < 1.29 is 9.53 Å². The van der Waals surface area contributed by atoms with E-state index in [1.54, 1.807) is 0 Å². The van der Waals surface area contributed by atoms with Gasteiger partial charge in [0.2, 0.25) is 0 Å². The number of unbranched alkanes of at least 4 members (excludes halogenated alkanes) is 2. The first-order valence-electron chi connectivity index (χ1n) is 10.6. The Balaban J connectivity index is 1.67. The van der Waals surface area contributed by atoms with Crippen LogP contribution in [0.25, 0.3) is 16.3 Å². The topological polar surface area (TPSA) is 26.3 Å². The van der Waals surface area contributed by atoms with Crippen LogP contribution < -0.4 is 4.74 Å². The average molecular weight is 365 g/mol. The average Bonchev–Trinajstić information content (AvgIpc) is 2.68. The van der Waals surface area contributed by atoms with Crippen LogP contribution in [-0.2, 0) is 4.79 Å². The van der Waals surface area contributed by atoms with Gasteiger partial charge in [-0.25, -0.2) is 0 Å². The Morgan fingerprint density at radius 1 is 1.04 bits per heavy atom. The summed E-state index contributed by atoms with van der Waals surface area (Å²) in [6.45, 7) is 4.26. The van der Waals surface area contributed by atoms with Gasteiger partial charge in [0.1, 0.15) is 5.75 Å². The predicted molar refractivity (Wildman–Crippen MR) is 114 cm³/mol. The lowest BCUT2D eigenvalue weighted by molar-refractivity contribution is -0.134. The Labute approximate surface area is 163 Å². The summed E-state index contributed by atoms with van der Waals surface area (Å²) in [5, 5.41) is 2.32. The van der Waals surface area contributed by atoms with Crippen LogP contribution in [0.1, 0.15) is 77.2 Å². The monoisotopic (exact) mass is 364 g/mol. The van der Waals surface area contributed by atoms with Gasteiger partial charge in [0.05, 0.1) is 0 Å². The molecule has 2 aromatic carbocycles. The largest absolute Gasteiger partial charge is 0.427 e. The molecule has 0 saturated carbocycles. The van der Waals surface area contributed by atoms with Crippen LogP contribution in [0.5, 0.6) is 5.75 Å². The maximum absolute atomic E-state index is 11.7. The third-order valence-corrected chi connectivity index (χ3v) is 5.60. The molecule has 0 aliphatic heterocycles. The molecule has 1 aliphatic rings. The third kappa shape index (κ3) is 5.45. The fourth-order valence-corrected chi connectivity index (χ4v) is 3.97. The van der Waals surface area contributed by atoms with Gasteiger partial charge in [0.15, 0.2) is 0 Å². The number of carbonyl (C=O) groups is 1. The minimum absolute atomic E-state index is 0.158. The van der Waals surface area contributed by atoms with E-state index in [1.807, 2.05) is 19.1 Å². The van der Waals surface area contributed by atoms with Crippen molar-refractivity contribution in [1.29, 1.82) is 0 Å². The van der Waals surface area contributed by atoms with E-state index < -0.39 is 0 Å². The molecule has 0 spiro atoms. The zero-order valence-corrected chi connectivity index (χ0v) is 16.8. The lowest BCUT2D eigenvalue weighted by atomic mass is 9.83. The van der Waals surface area contributed by atoms with Crippen LogP contribution >= 0.6 is 0 Å². The minimum atomic E-state index is -0.158. The fraction of sp³-hybridized carbons (Fsp3) is 0.480. The Kier molecular flexibility index (Phi) is 7.09. The highest BCUT2D eigenvalue weighted by molar-refractivity contribution is 5.88. The van der Waals surface area contributed by atoms with Gasteiger partial charge in [-0.1, -0.05) is 63.8 Å². The predicted octanol–water partition coefficient (Wildman–Crippen LogP) is 7.31. The molecule has 0 radical (unpaired) electrons. The summed E-state index contributed by atoms with van der Waals surface area (Å²) in [6.07, 6.45) is 12.9. The van der Waals surface area contributed by atoms with Crippen molar-refractivity contribution in [2.24, 2.45) is 5.92 Å². The zero-order valence-electron chi connectivity index (χ0n) is 16.8. The second-order valence-corrected chi connectivity index (χ2v) is 7.81. The standard InChI is InChI=1S/C25H32O2/c1-3-5-6-8-19-9-11-20(12-10-19)21-13-14-23-18-24(16-15-22(23)17-21)27-25(26)7-4-2/h11,13-19H,3-10,12H2,1-2H3. The molecule has 3 rings (SSSR count). The number of allylic oxidation sites excluding steroid dienone is 2. The minimum Gasteiger partial charge on any atom is -0.427 e. The van der Waals surface area contributed by atoms with Crippen molar-refractivity contribution in [3.63, 3.8) is 0 Å². The van der Waals surface area contributed by atoms with E-state index in [2.05, 4.69) is 37.3 Å². The van der Waals surface area contributed by atoms with E-state index in [1.165, 1.54) is 61.5 Å². The Morgan fingerprint density at radius 2 is 1.85 bits per heavy atom. The van der Waals surface area contributed by atoms with Gasteiger partial charge in [-0.2, -0.15) is 0 Å². The lowest BCUT2D eigenvalue weighted by Gasteiger charge is -2.22. The molecule has 0 saturated heterocycles. The van der Waals surface area contributed by atoms with Gasteiger partial charge in [0, 0.05) is 6.42 Å². The summed E-state index contributed by atoms with van der Waals surface area (Å²) in [6, 6.07) is 12.6. The first kappa shape index (κ1) is 19.7. The number of esters is 1. The normalized spacial score (nSPS) is 17.0. The number of ether oxygens (including phenoxy) is 1. The molecule has 2 heteroatoms. The fourth-order valence-electron chi connectivity index (χ4n) is 3.97. The van der Waals surface area contributed by atoms with E-state index in [-0.39, 0.29) is 5.97 Å². The summed E-state index contributed by atoms with van der Waals surface area (Å²) < 4.78 is 5.41. The molecule has 1 unspecified atom stereocenters. The zero-order chi connectivity index (χ0) is 19.1. The third-order valence-electron chi connectivity index (χ3n) is 5.60. The second kappa shape index (κ2) is 9.73. The summed E-state index contributed by atoms with van der Waals surface area (Å²) in [5.41, 5.74) is 2.83. The molecule has 0 amide bonds. The highest BCUT2D eigenvalue weighted by Gasteiger charge is 2.15. The van der Waals surface area contributed by atoms with Gasteiger partial charge >= 0.3 is 5.97 Å². The van der Waals surface area contributed by atoms with Crippen molar-refractivity contribution in [3.8, 4) is 5.75 Å². The van der Waals surface area contributed by atoms with Crippen LogP contribution in [-0.4, -0.2) is 5.97 Å². The van der Waals surface area contributed by atoms with Crippen molar-refractivity contribution >= 4 is 22.3 Å². The summed E-state index contributed by atoms with van der Waals surface area (Å²) in [5.74, 6) is 1.36. The molecule has 27 heavy (non-hydrogen) atoms. The lowest BCUT2D eigenvalue weighted by Crippen LogP contribution is -2.06. The molecule has 0 bridgehead atoms. The number of fused-ring (bicyclic) bond motifs is 1. The van der Waals surface area contributed by atoms with Crippen LogP contribution in [0.15, 0.2) is 42.5 Å².